The molecule has 0 fully saturated rings. The predicted molar refractivity (Wildman–Crippen MR) is 77.5 cm³/mol. The van der Waals surface area contributed by atoms with Crippen LogP contribution in [0.15, 0.2) is 36.5 Å². The molecule has 2 aromatic rings. The van der Waals surface area contributed by atoms with E-state index >= 15 is 0 Å². The molecule has 4 nitrogen and oxygen atoms in total. The Morgan fingerprint density at radius 1 is 1.35 bits per heavy atom. The van der Waals surface area contributed by atoms with Gasteiger partial charge in [-0.1, -0.05) is 6.07 Å². The number of amides is 1. The smallest absolute Gasteiger partial charge is 0.259 e. The van der Waals surface area contributed by atoms with Gasteiger partial charge in [-0.05, 0) is 43.7 Å². The van der Waals surface area contributed by atoms with Crippen molar-refractivity contribution < 1.29 is 9.18 Å². The number of anilines is 2. The molecule has 1 aromatic heterocycles. The second-order valence-electron chi connectivity index (χ2n) is 4.35. The third-order valence-corrected chi connectivity index (χ3v) is 2.83. The van der Waals surface area contributed by atoms with E-state index in [1.54, 1.807) is 37.4 Å². The average molecular weight is 273 g/mol. The molecule has 20 heavy (non-hydrogen) atoms. The van der Waals surface area contributed by atoms with Gasteiger partial charge in [0, 0.05) is 18.4 Å². The highest BCUT2D eigenvalue weighted by Crippen LogP contribution is 2.17. The fourth-order valence-corrected chi connectivity index (χ4v) is 1.77. The predicted octanol–water partition coefficient (Wildman–Crippen LogP) is 3.21. The quantitative estimate of drug-likeness (QED) is 0.899. The Hall–Kier alpha value is -2.43. The van der Waals surface area contributed by atoms with Crippen molar-refractivity contribution in [3.8, 4) is 0 Å². The van der Waals surface area contributed by atoms with Crippen LogP contribution in [0.1, 0.15) is 22.8 Å². The molecule has 2 rings (SSSR count). The summed E-state index contributed by atoms with van der Waals surface area (Å²) < 4.78 is 13.5. The summed E-state index contributed by atoms with van der Waals surface area (Å²) >= 11 is 0. The molecule has 1 amide bonds. The summed E-state index contributed by atoms with van der Waals surface area (Å²) in [6, 6.07) is 7.95. The highest BCUT2D eigenvalue weighted by molar-refractivity contribution is 6.07. The third kappa shape index (κ3) is 3.12. The van der Waals surface area contributed by atoms with E-state index in [1.165, 1.54) is 6.07 Å². The van der Waals surface area contributed by atoms with Crippen LogP contribution in [0.25, 0.3) is 0 Å². The lowest BCUT2D eigenvalue weighted by atomic mass is 10.2. The second-order valence-corrected chi connectivity index (χ2v) is 4.35. The number of hydrogen-bond acceptors (Lipinski definition) is 3. The topological polar surface area (TPSA) is 54.0 Å². The minimum absolute atomic E-state index is 0.322. The Balaban J connectivity index is 2.21. The van der Waals surface area contributed by atoms with E-state index in [-0.39, 0.29) is 11.7 Å². The van der Waals surface area contributed by atoms with Crippen LogP contribution in [-0.2, 0) is 0 Å². The minimum atomic E-state index is -0.346. The highest BCUT2D eigenvalue weighted by Gasteiger charge is 2.12. The molecular formula is C15H16FN3O. The number of nitrogens with zero attached hydrogens (tertiary/aromatic N) is 1. The van der Waals surface area contributed by atoms with Crippen LogP contribution >= 0.6 is 0 Å². The van der Waals surface area contributed by atoms with Crippen molar-refractivity contribution in [3.05, 3.63) is 53.5 Å². The van der Waals surface area contributed by atoms with Crippen molar-refractivity contribution in [2.45, 2.75) is 13.8 Å². The lowest BCUT2D eigenvalue weighted by Crippen LogP contribution is -2.15. The maximum absolute atomic E-state index is 13.5. The number of aromatic nitrogens is 1. The Bertz CT molecular complexity index is 628. The fourth-order valence-electron chi connectivity index (χ4n) is 1.77. The van der Waals surface area contributed by atoms with Crippen LogP contribution in [0.5, 0.6) is 0 Å². The van der Waals surface area contributed by atoms with E-state index in [9.17, 15) is 9.18 Å². The molecule has 1 aromatic carbocycles. The first-order chi connectivity index (χ1) is 9.61. The van der Waals surface area contributed by atoms with Crippen molar-refractivity contribution >= 4 is 17.4 Å². The number of halogens is 1. The van der Waals surface area contributed by atoms with Crippen LogP contribution in [-0.4, -0.2) is 17.4 Å². The number of benzene rings is 1. The lowest BCUT2D eigenvalue weighted by molar-refractivity contribution is 0.102. The van der Waals surface area contributed by atoms with Crippen LogP contribution < -0.4 is 10.6 Å². The van der Waals surface area contributed by atoms with E-state index in [2.05, 4.69) is 15.6 Å². The van der Waals surface area contributed by atoms with Gasteiger partial charge in [-0.15, -0.1) is 0 Å². The molecule has 1 heterocycles. The van der Waals surface area contributed by atoms with Gasteiger partial charge in [0.25, 0.3) is 5.91 Å². The zero-order valence-electron chi connectivity index (χ0n) is 11.4. The number of nitrogens with one attached hydrogen (secondary N) is 2. The summed E-state index contributed by atoms with van der Waals surface area (Å²) in [4.78, 5) is 16.3. The summed E-state index contributed by atoms with van der Waals surface area (Å²) in [6.07, 6.45) is 1.61. The lowest BCUT2D eigenvalue weighted by Gasteiger charge is -2.10. The van der Waals surface area contributed by atoms with E-state index in [0.29, 0.717) is 29.2 Å². The highest BCUT2D eigenvalue weighted by atomic mass is 19.1. The zero-order valence-corrected chi connectivity index (χ0v) is 11.4. The van der Waals surface area contributed by atoms with Gasteiger partial charge in [0.05, 0.1) is 5.56 Å². The van der Waals surface area contributed by atoms with Crippen molar-refractivity contribution in [1.82, 2.24) is 4.98 Å². The largest absolute Gasteiger partial charge is 0.370 e. The summed E-state index contributed by atoms with van der Waals surface area (Å²) in [5, 5.41) is 5.68. The van der Waals surface area contributed by atoms with Crippen molar-refractivity contribution in [2.24, 2.45) is 0 Å². The molecule has 2 N–H and O–H groups in total. The number of carbonyl (C=O) groups is 1. The van der Waals surface area contributed by atoms with Gasteiger partial charge < -0.3 is 10.6 Å². The van der Waals surface area contributed by atoms with Gasteiger partial charge in [-0.25, -0.2) is 9.37 Å². The Morgan fingerprint density at radius 3 is 2.85 bits per heavy atom. The van der Waals surface area contributed by atoms with Gasteiger partial charge in [-0.3, -0.25) is 4.79 Å². The fraction of sp³-hybridized carbons (Fsp3) is 0.200. The van der Waals surface area contributed by atoms with Crippen LogP contribution in [0.2, 0.25) is 0 Å². The monoisotopic (exact) mass is 273 g/mol. The average Bonchev–Trinajstić information content (AvgIpc) is 2.44. The number of carbonyl (C=O) groups excluding carboxylic acids is 1. The molecule has 0 saturated heterocycles. The molecular weight excluding hydrogens is 257 g/mol. The number of hydrogen-bond donors (Lipinski definition) is 2. The minimum Gasteiger partial charge on any atom is -0.370 e. The maximum atomic E-state index is 13.5. The summed E-state index contributed by atoms with van der Waals surface area (Å²) in [5.74, 6) is -0.154. The van der Waals surface area contributed by atoms with Crippen LogP contribution in [0, 0.1) is 12.7 Å². The summed E-state index contributed by atoms with van der Waals surface area (Å²) in [6.45, 7) is 4.26. The number of pyridine rings is 1. The van der Waals surface area contributed by atoms with E-state index in [4.69, 9.17) is 0 Å². The first kappa shape index (κ1) is 14.0. The van der Waals surface area contributed by atoms with E-state index in [0.717, 1.165) is 0 Å². The van der Waals surface area contributed by atoms with Gasteiger partial charge in [0.15, 0.2) is 0 Å². The van der Waals surface area contributed by atoms with E-state index in [1.807, 2.05) is 6.92 Å². The molecule has 0 aliphatic rings. The third-order valence-electron chi connectivity index (χ3n) is 2.83. The number of aryl methyl sites for hydroxylation is 1. The molecule has 5 heteroatoms. The summed E-state index contributed by atoms with van der Waals surface area (Å²) in [5.41, 5.74) is 1.39. The van der Waals surface area contributed by atoms with Crippen molar-refractivity contribution in [1.29, 1.82) is 0 Å². The van der Waals surface area contributed by atoms with Crippen molar-refractivity contribution in [2.75, 3.05) is 17.2 Å². The van der Waals surface area contributed by atoms with Gasteiger partial charge in [0.1, 0.15) is 11.6 Å². The molecule has 104 valence electrons. The van der Waals surface area contributed by atoms with Gasteiger partial charge in [-0.2, -0.15) is 0 Å². The summed E-state index contributed by atoms with van der Waals surface area (Å²) in [7, 11) is 0. The second kappa shape index (κ2) is 6.14. The SMILES string of the molecule is CCNc1ncccc1C(=O)Nc1ccc(C)c(F)c1. The molecule has 0 atom stereocenters. The van der Waals surface area contributed by atoms with Crippen LogP contribution in [0.3, 0.4) is 0 Å². The first-order valence-corrected chi connectivity index (χ1v) is 6.38. The maximum Gasteiger partial charge on any atom is 0.259 e. The Labute approximate surface area is 117 Å². The standard InChI is InChI=1S/C15H16FN3O/c1-3-17-14-12(5-4-8-18-14)15(20)19-11-7-6-10(2)13(16)9-11/h4-9H,3H2,1-2H3,(H,17,18)(H,19,20). The Morgan fingerprint density at radius 2 is 2.15 bits per heavy atom. The Kier molecular flexibility index (Phi) is 4.30. The van der Waals surface area contributed by atoms with Gasteiger partial charge in [0.2, 0.25) is 0 Å². The van der Waals surface area contributed by atoms with Crippen LogP contribution in [0.4, 0.5) is 15.9 Å². The van der Waals surface area contributed by atoms with E-state index < -0.39 is 0 Å². The first-order valence-electron chi connectivity index (χ1n) is 6.38. The zero-order chi connectivity index (χ0) is 14.5. The number of rotatable bonds is 4. The van der Waals surface area contributed by atoms with Gasteiger partial charge >= 0.3 is 0 Å². The molecule has 0 radical (unpaired) electrons. The molecule has 0 spiro atoms. The molecule has 0 saturated carbocycles. The molecule has 0 aliphatic heterocycles. The van der Waals surface area contributed by atoms with Crippen molar-refractivity contribution in [3.63, 3.8) is 0 Å². The molecule has 0 unspecified atom stereocenters. The molecule has 0 aliphatic carbocycles. The molecule has 0 bridgehead atoms. The normalized spacial score (nSPS) is 10.2.